The van der Waals surface area contributed by atoms with Crippen LogP contribution in [0.4, 0.5) is 0 Å². The second-order valence-corrected chi connectivity index (χ2v) is 7.36. The van der Waals surface area contributed by atoms with Gasteiger partial charge in [0.25, 0.3) is 10.2 Å². The SMILES string of the molecule is CC1CCCN(S(=O)(=O)N2CCCNCC2)C1C. The van der Waals surface area contributed by atoms with Crippen molar-refractivity contribution in [2.45, 2.75) is 39.2 Å². The van der Waals surface area contributed by atoms with Crippen molar-refractivity contribution < 1.29 is 8.42 Å². The van der Waals surface area contributed by atoms with Gasteiger partial charge in [0.1, 0.15) is 0 Å². The van der Waals surface area contributed by atoms with Gasteiger partial charge in [0.05, 0.1) is 0 Å². The van der Waals surface area contributed by atoms with Gasteiger partial charge in [0.2, 0.25) is 0 Å². The average molecular weight is 275 g/mol. The molecule has 2 aliphatic heterocycles. The number of hydrogen-bond acceptors (Lipinski definition) is 3. The van der Waals surface area contributed by atoms with E-state index in [-0.39, 0.29) is 6.04 Å². The van der Waals surface area contributed by atoms with Gasteiger partial charge in [-0.2, -0.15) is 17.0 Å². The van der Waals surface area contributed by atoms with Gasteiger partial charge in [0.15, 0.2) is 0 Å². The molecule has 2 saturated heterocycles. The average Bonchev–Trinajstić information content (AvgIpc) is 2.61. The summed E-state index contributed by atoms with van der Waals surface area (Å²) >= 11 is 0. The molecule has 0 aromatic rings. The summed E-state index contributed by atoms with van der Waals surface area (Å²) in [6, 6.07) is 0.125. The van der Waals surface area contributed by atoms with Gasteiger partial charge < -0.3 is 5.32 Å². The van der Waals surface area contributed by atoms with E-state index in [2.05, 4.69) is 12.2 Å². The molecule has 2 heterocycles. The van der Waals surface area contributed by atoms with Crippen LogP contribution in [0.15, 0.2) is 0 Å². The van der Waals surface area contributed by atoms with E-state index in [4.69, 9.17) is 0 Å². The molecule has 0 radical (unpaired) electrons. The summed E-state index contributed by atoms with van der Waals surface area (Å²) in [5.74, 6) is 0.457. The van der Waals surface area contributed by atoms with Crippen LogP contribution in [0, 0.1) is 5.92 Å². The summed E-state index contributed by atoms with van der Waals surface area (Å²) in [7, 11) is -3.26. The van der Waals surface area contributed by atoms with Crippen LogP contribution >= 0.6 is 0 Å². The minimum absolute atomic E-state index is 0.125. The zero-order valence-corrected chi connectivity index (χ0v) is 12.2. The molecular weight excluding hydrogens is 250 g/mol. The number of rotatable bonds is 2. The Balaban J connectivity index is 2.13. The van der Waals surface area contributed by atoms with Crippen molar-refractivity contribution in [2.75, 3.05) is 32.7 Å². The predicted molar refractivity (Wildman–Crippen MR) is 72.5 cm³/mol. The van der Waals surface area contributed by atoms with E-state index in [1.807, 2.05) is 6.92 Å². The molecule has 106 valence electrons. The van der Waals surface area contributed by atoms with Crippen LogP contribution in [0.2, 0.25) is 0 Å². The van der Waals surface area contributed by atoms with Crippen LogP contribution in [0.25, 0.3) is 0 Å². The van der Waals surface area contributed by atoms with Gasteiger partial charge in [-0.25, -0.2) is 0 Å². The zero-order chi connectivity index (χ0) is 13.2. The summed E-state index contributed by atoms with van der Waals surface area (Å²) in [5.41, 5.74) is 0. The van der Waals surface area contributed by atoms with E-state index < -0.39 is 10.2 Å². The van der Waals surface area contributed by atoms with Crippen LogP contribution < -0.4 is 5.32 Å². The lowest BCUT2D eigenvalue weighted by Crippen LogP contribution is -2.52. The highest BCUT2D eigenvalue weighted by Crippen LogP contribution is 2.27. The molecule has 2 unspecified atom stereocenters. The van der Waals surface area contributed by atoms with E-state index in [1.165, 1.54) is 0 Å². The molecule has 6 heteroatoms. The third-order valence-electron chi connectivity index (χ3n) is 4.24. The van der Waals surface area contributed by atoms with E-state index in [0.29, 0.717) is 25.6 Å². The molecule has 18 heavy (non-hydrogen) atoms. The molecule has 2 aliphatic rings. The second-order valence-electron chi connectivity index (χ2n) is 5.48. The van der Waals surface area contributed by atoms with Crippen molar-refractivity contribution >= 4 is 10.2 Å². The fourth-order valence-corrected chi connectivity index (χ4v) is 4.79. The second kappa shape index (κ2) is 5.86. The molecule has 5 nitrogen and oxygen atoms in total. The Kier molecular flexibility index (Phi) is 4.64. The monoisotopic (exact) mass is 275 g/mol. The summed E-state index contributed by atoms with van der Waals surface area (Å²) in [4.78, 5) is 0. The number of piperidine rings is 1. The minimum Gasteiger partial charge on any atom is -0.315 e. The van der Waals surface area contributed by atoms with Crippen LogP contribution in [0.5, 0.6) is 0 Å². The van der Waals surface area contributed by atoms with Crippen molar-refractivity contribution in [1.29, 1.82) is 0 Å². The van der Waals surface area contributed by atoms with E-state index >= 15 is 0 Å². The van der Waals surface area contributed by atoms with Crippen molar-refractivity contribution in [3.63, 3.8) is 0 Å². The van der Waals surface area contributed by atoms with Crippen molar-refractivity contribution in [2.24, 2.45) is 5.92 Å². The first-order valence-electron chi connectivity index (χ1n) is 7.01. The fourth-order valence-electron chi connectivity index (χ4n) is 2.82. The quantitative estimate of drug-likeness (QED) is 0.805. The summed E-state index contributed by atoms with van der Waals surface area (Å²) in [6.07, 6.45) is 3.02. The number of nitrogens with zero attached hydrogens (tertiary/aromatic N) is 2. The Morgan fingerprint density at radius 2 is 1.83 bits per heavy atom. The Labute approximate surface area is 111 Å². The normalized spacial score (nSPS) is 33.2. The molecule has 1 N–H and O–H groups in total. The van der Waals surface area contributed by atoms with Gasteiger partial charge in [-0.3, -0.25) is 0 Å². The smallest absolute Gasteiger partial charge is 0.282 e. The lowest BCUT2D eigenvalue weighted by Gasteiger charge is -2.39. The molecule has 0 saturated carbocycles. The molecule has 0 aliphatic carbocycles. The molecule has 0 aromatic heterocycles. The van der Waals surface area contributed by atoms with E-state index in [9.17, 15) is 8.42 Å². The summed E-state index contributed by atoms with van der Waals surface area (Å²) in [6.45, 7) is 7.79. The topological polar surface area (TPSA) is 52.7 Å². The highest BCUT2D eigenvalue weighted by molar-refractivity contribution is 7.86. The maximum atomic E-state index is 12.7. The lowest BCUT2D eigenvalue weighted by molar-refractivity contribution is 0.189. The highest BCUT2D eigenvalue weighted by Gasteiger charge is 2.37. The lowest BCUT2D eigenvalue weighted by atomic mass is 9.94. The minimum atomic E-state index is -3.26. The standard InChI is InChI=1S/C12H25N3O2S/c1-11-5-3-9-15(12(11)2)18(16,17)14-8-4-6-13-7-10-14/h11-13H,3-10H2,1-2H3. The molecule has 0 bridgehead atoms. The molecule has 0 aromatic carbocycles. The number of nitrogens with one attached hydrogen (secondary N) is 1. The van der Waals surface area contributed by atoms with Crippen LogP contribution in [-0.4, -0.2) is 55.8 Å². The first-order chi connectivity index (χ1) is 8.53. The van der Waals surface area contributed by atoms with Crippen LogP contribution in [0.3, 0.4) is 0 Å². The Bertz CT molecular complexity index is 364. The predicted octanol–water partition coefficient (Wildman–Crippen LogP) is 0.647. The Morgan fingerprint density at radius 3 is 2.61 bits per heavy atom. The Hall–Kier alpha value is -0.170. The van der Waals surface area contributed by atoms with Crippen molar-refractivity contribution in [3.8, 4) is 0 Å². The van der Waals surface area contributed by atoms with Crippen LogP contribution in [-0.2, 0) is 10.2 Å². The van der Waals surface area contributed by atoms with Crippen LogP contribution in [0.1, 0.15) is 33.1 Å². The molecule has 2 rings (SSSR count). The third-order valence-corrected chi connectivity index (χ3v) is 6.36. The zero-order valence-electron chi connectivity index (χ0n) is 11.4. The first-order valence-corrected chi connectivity index (χ1v) is 8.41. The van der Waals surface area contributed by atoms with Crippen molar-refractivity contribution in [3.05, 3.63) is 0 Å². The molecule has 2 atom stereocenters. The summed E-state index contributed by atoms with van der Waals surface area (Å²) < 4.78 is 28.7. The van der Waals surface area contributed by atoms with Gasteiger partial charge in [0, 0.05) is 32.2 Å². The fraction of sp³-hybridized carbons (Fsp3) is 1.00. The van der Waals surface area contributed by atoms with Gasteiger partial charge in [-0.1, -0.05) is 6.92 Å². The van der Waals surface area contributed by atoms with Gasteiger partial charge in [-0.15, -0.1) is 0 Å². The summed E-state index contributed by atoms with van der Waals surface area (Å²) in [5, 5.41) is 3.25. The molecule has 0 spiro atoms. The molecule has 2 fully saturated rings. The highest BCUT2D eigenvalue weighted by atomic mass is 32.2. The van der Waals surface area contributed by atoms with Crippen molar-refractivity contribution in [1.82, 2.24) is 13.9 Å². The van der Waals surface area contributed by atoms with E-state index in [1.54, 1.807) is 8.61 Å². The number of hydrogen-bond donors (Lipinski definition) is 1. The Morgan fingerprint density at radius 1 is 1.06 bits per heavy atom. The largest absolute Gasteiger partial charge is 0.315 e. The van der Waals surface area contributed by atoms with Gasteiger partial charge >= 0.3 is 0 Å². The van der Waals surface area contributed by atoms with Gasteiger partial charge in [-0.05, 0) is 38.6 Å². The molecular formula is C12H25N3O2S. The maximum absolute atomic E-state index is 12.7. The molecule has 0 amide bonds. The first kappa shape index (κ1) is 14.2. The maximum Gasteiger partial charge on any atom is 0.282 e. The third kappa shape index (κ3) is 2.87. The van der Waals surface area contributed by atoms with E-state index in [0.717, 1.165) is 32.4 Å².